The molecule has 2 aromatic carbocycles. The highest BCUT2D eigenvalue weighted by Crippen LogP contribution is 2.44. The van der Waals surface area contributed by atoms with Gasteiger partial charge in [-0.15, -0.1) is 0 Å². The molecule has 1 spiro atoms. The van der Waals surface area contributed by atoms with Crippen LogP contribution in [0.2, 0.25) is 0 Å². The van der Waals surface area contributed by atoms with Crippen LogP contribution in [0.5, 0.6) is 5.75 Å². The Kier molecular flexibility index (Phi) is 5.76. The predicted molar refractivity (Wildman–Crippen MR) is 129 cm³/mol. The molecule has 0 atom stereocenters. The Bertz CT molecular complexity index is 1260. The van der Waals surface area contributed by atoms with Crippen LogP contribution in [-0.4, -0.2) is 64.7 Å². The molecule has 9 heteroatoms. The third-order valence-corrected chi connectivity index (χ3v) is 7.21. The van der Waals surface area contributed by atoms with Crippen LogP contribution in [0.4, 0.5) is 5.69 Å². The number of H-pyrrole nitrogens is 1. The minimum atomic E-state index is -1.03. The van der Waals surface area contributed by atoms with E-state index < -0.39 is 11.4 Å². The molecule has 2 fully saturated rings. The maximum atomic E-state index is 13.6. The summed E-state index contributed by atoms with van der Waals surface area (Å²) in [6.07, 6.45) is 5.47. The number of carbonyl (C=O) groups is 3. The molecule has 0 unspecified atom stereocenters. The lowest BCUT2D eigenvalue weighted by Gasteiger charge is -2.38. The predicted octanol–water partition coefficient (Wildman–Crippen LogP) is 3.44. The molecule has 2 N–H and O–H groups in total. The number of carboxylic acids is 1. The largest absolute Gasteiger partial charge is 0.496 e. The van der Waals surface area contributed by atoms with Crippen LogP contribution in [0.3, 0.4) is 0 Å². The number of aromatic nitrogens is 2. The maximum Gasteiger partial charge on any atom is 0.335 e. The van der Waals surface area contributed by atoms with E-state index in [0.29, 0.717) is 43.8 Å². The third-order valence-electron chi connectivity index (χ3n) is 7.21. The molecule has 2 saturated heterocycles. The number of likely N-dealkylation sites (tertiary alicyclic amines) is 1. The lowest BCUT2D eigenvalue weighted by Crippen LogP contribution is -2.46. The monoisotopic (exact) mass is 474 g/mol. The van der Waals surface area contributed by atoms with Gasteiger partial charge in [0.15, 0.2) is 0 Å². The zero-order valence-electron chi connectivity index (χ0n) is 19.4. The second-order valence-electron chi connectivity index (χ2n) is 9.03. The van der Waals surface area contributed by atoms with Crippen LogP contribution in [0.25, 0.3) is 11.1 Å². The van der Waals surface area contributed by atoms with E-state index in [1.165, 1.54) is 12.1 Å². The first kappa shape index (κ1) is 22.6. The summed E-state index contributed by atoms with van der Waals surface area (Å²) in [5.41, 5.74) is 2.73. The fourth-order valence-corrected chi connectivity index (χ4v) is 5.09. The Hall–Kier alpha value is -4.14. The number of aromatic carboxylic acids is 1. The van der Waals surface area contributed by atoms with Crippen LogP contribution in [-0.2, 0) is 4.79 Å². The SMILES string of the molecule is COc1cc(N2CCC3(CCN(C(=O)c4ccc(C(=O)O)cc4)CC3)C2=O)ccc1-c1cn[nH]c1. The first-order valence-electron chi connectivity index (χ1n) is 11.5. The summed E-state index contributed by atoms with van der Waals surface area (Å²) in [6, 6.07) is 11.7. The Balaban J connectivity index is 1.28. The average molecular weight is 475 g/mol. The zero-order chi connectivity index (χ0) is 24.6. The zero-order valence-corrected chi connectivity index (χ0v) is 19.4. The number of carbonyl (C=O) groups excluding carboxylic acids is 2. The van der Waals surface area contributed by atoms with Gasteiger partial charge in [-0.05, 0) is 55.7 Å². The molecule has 35 heavy (non-hydrogen) atoms. The van der Waals surface area contributed by atoms with Crippen molar-refractivity contribution >= 4 is 23.5 Å². The molecule has 9 nitrogen and oxygen atoms in total. The Morgan fingerprint density at radius 2 is 1.71 bits per heavy atom. The van der Waals surface area contributed by atoms with Crippen molar-refractivity contribution in [1.29, 1.82) is 0 Å². The van der Waals surface area contributed by atoms with Gasteiger partial charge in [0.1, 0.15) is 5.75 Å². The summed E-state index contributed by atoms with van der Waals surface area (Å²) >= 11 is 0. The Morgan fingerprint density at radius 1 is 1.03 bits per heavy atom. The molecule has 2 aliphatic heterocycles. The topological polar surface area (TPSA) is 116 Å². The minimum Gasteiger partial charge on any atom is -0.496 e. The summed E-state index contributed by atoms with van der Waals surface area (Å²) in [4.78, 5) is 41.1. The molecule has 3 aromatic rings. The summed E-state index contributed by atoms with van der Waals surface area (Å²) in [6.45, 7) is 1.60. The number of nitrogens with one attached hydrogen (secondary N) is 1. The van der Waals surface area contributed by atoms with Crippen LogP contribution >= 0.6 is 0 Å². The van der Waals surface area contributed by atoms with Gasteiger partial charge in [-0.1, -0.05) is 0 Å². The first-order chi connectivity index (χ1) is 16.9. The number of hydrogen-bond acceptors (Lipinski definition) is 5. The number of anilines is 1. The van der Waals surface area contributed by atoms with E-state index in [0.717, 1.165) is 23.2 Å². The van der Waals surface area contributed by atoms with Gasteiger partial charge in [0.25, 0.3) is 5.91 Å². The summed E-state index contributed by atoms with van der Waals surface area (Å²) in [5.74, 6) is -0.402. The van der Waals surface area contributed by atoms with Gasteiger partial charge < -0.3 is 19.6 Å². The highest BCUT2D eigenvalue weighted by Gasteiger charge is 2.49. The molecule has 3 heterocycles. The summed E-state index contributed by atoms with van der Waals surface area (Å²) in [5, 5.41) is 15.9. The van der Waals surface area contributed by atoms with Gasteiger partial charge in [0.2, 0.25) is 5.91 Å². The molecule has 0 radical (unpaired) electrons. The molecule has 0 saturated carbocycles. The number of ether oxygens (including phenoxy) is 1. The molecule has 2 amide bonds. The smallest absolute Gasteiger partial charge is 0.335 e. The van der Waals surface area contributed by atoms with Crippen molar-refractivity contribution in [3.05, 3.63) is 66.0 Å². The van der Waals surface area contributed by atoms with E-state index in [-0.39, 0.29) is 17.4 Å². The van der Waals surface area contributed by atoms with Crippen molar-refractivity contribution in [2.24, 2.45) is 5.41 Å². The van der Waals surface area contributed by atoms with Crippen LogP contribution in [0.15, 0.2) is 54.9 Å². The van der Waals surface area contributed by atoms with E-state index in [9.17, 15) is 14.4 Å². The number of benzene rings is 2. The van der Waals surface area contributed by atoms with Gasteiger partial charge in [-0.3, -0.25) is 14.7 Å². The van der Waals surface area contributed by atoms with Crippen LogP contribution in [0.1, 0.15) is 40.0 Å². The van der Waals surface area contributed by atoms with Gasteiger partial charge in [-0.2, -0.15) is 5.10 Å². The number of methoxy groups -OCH3 is 1. The Morgan fingerprint density at radius 3 is 2.34 bits per heavy atom. The Labute approximate surface area is 202 Å². The molecule has 5 rings (SSSR count). The molecule has 180 valence electrons. The lowest BCUT2D eigenvalue weighted by molar-refractivity contribution is -0.127. The van der Waals surface area contributed by atoms with Crippen molar-refractivity contribution in [3.63, 3.8) is 0 Å². The second-order valence-corrected chi connectivity index (χ2v) is 9.03. The lowest BCUT2D eigenvalue weighted by atomic mass is 9.77. The fraction of sp³-hybridized carbons (Fsp3) is 0.308. The van der Waals surface area contributed by atoms with Gasteiger partial charge in [0, 0.05) is 54.3 Å². The van der Waals surface area contributed by atoms with Crippen LogP contribution < -0.4 is 9.64 Å². The van der Waals surface area contributed by atoms with Gasteiger partial charge >= 0.3 is 5.97 Å². The van der Waals surface area contributed by atoms with E-state index in [1.807, 2.05) is 23.1 Å². The van der Waals surface area contributed by atoms with Gasteiger partial charge in [-0.25, -0.2) is 4.79 Å². The number of piperidine rings is 1. The standard InChI is InChI=1S/C26H26N4O5/c1-35-22-14-20(6-7-21(22)19-15-27-28-16-19)30-13-10-26(25(30)34)8-11-29(12-9-26)23(31)17-2-4-18(5-3-17)24(32)33/h2-7,14-16H,8-13H2,1H3,(H,27,28)(H,32,33). The number of rotatable bonds is 5. The van der Waals surface area contributed by atoms with Crippen LogP contribution in [0, 0.1) is 5.41 Å². The van der Waals surface area contributed by atoms with Gasteiger partial charge in [0.05, 0.1) is 24.3 Å². The normalized spacial score (nSPS) is 17.1. The van der Waals surface area contributed by atoms with E-state index >= 15 is 0 Å². The summed E-state index contributed by atoms with van der Waals surface area (Å²) in [7, 11) is 1.61. The summed E-state index contributed by atoms with van der Waals surface area (Å²) < 4.78 is 5.59. The molecule has 2 aliphatic rings. The third kappa shape index (κ3) is 4.03. The number of nitrogens with zero attached hydrogens (tertiary/aromatic N) is 3. The number of aromatic amines is 1. The number of hydrogen-bond donors (Lipinski definition) is 2. The van der Waals surface area contributed by atoms with Crippen molar-refractivity contribution < 1.29 is 24.2 Å². The molecule has 0 bridgehead atoms. The molecular formula is C26H26N4O5. The van der Waals surface area contributed by atoms with Crippen molar-refractivity contribution in [3.8, 4) is 16.9 Å². The highest BCUT2D eigenvalue weighted by molar-refractivity contribution is 6.01. The highest BCUT2D eigenvalue weighted by atomic mass is 16.5. The van der Waals surface area contributed by atoms with Crippen molar-refractivity contribution in [1.82, 2.24) is 15.1 Å². The maximum absolute atomic E-state index is 13.6. The average Bonchev–Trinajstić information content (AvgIpc) is 3.53. The van der Waals surface area contributed by atoms with E-state index in [4.69, 9.17) is 9.84 Å². The minimum absolute atomic E-state index is 0.0912. The quantitative estimate of drug-likeness (QED) is 0.585. The molecular weight excluding hydrogens is 448 g/mol. The van der Waals surface area contributed by atoms with E-state index in [1.54, 1.807) is 36.5 Å². The molecule has 1 aromatic heterocycles. The number of carboxylic acid groups (broad SMARTS) is 1. The first-order valence-corrected chi connectivity index (χ1v) is 11.5. The number of amides is 2. The fourth-order valence-electron chi connectivity index (χ4n) is 5.09. The van der Waals surface area contributed by atoms with E-state index in [2.05, 4.69) is 10.2 Å². The van der Waals surface area contributed by atoms with Crippen molar-refractivity contribution in [2.75, 3.05) is 31.6 Å². The van der Waals surface area contributed by atoms with Crippen molar-refractivity contribution in [2.45, 2.75) is 19.3 Å². The molecule has 0 aliphatic carbocycles. The second kappa shape index (κ2) is 8.90.